The van der Waals surface area contributed by atoms with Crippen molar-refractivity contribution in [3.05, 3.63) is 23.7 Å². The van der Waals surface area contributed by atoms with Gasteiger partial charge in [0, 0.05) is 6.42 Å². The van der Waals surface area contributed by atoms with Crippen LogP contribution in [0.2, 0.25) is 0 Å². The predicted molar refractivity (Wildman–Crippen MR) is 42.3 cm³/mol. The first-order chi connectivity index (χ1) is 5.38. The fourth-order valence-electron chi connectivity index (χ4n) is 1.03. The van der Waals surface area contributed by atoms with E-state index in [1.54, 1.807) is 0 Å². The van der Waals surface area contributed by atoms with Gasteiger partial charge in [-0.2, -0.15) is 5.90 Å². The van der Waals surface area contributed by atoms with Crippen LogP contribution in [0.4, 0.5) is 0 Å². The van der Waals surface area contributed by atoms with E-state index in [1.807, 2.05) is 19.1 Å². The van der Waals surface area contributed by atoms with E-state index >= 15 is 0 Å². The lowest BCUT2D eigenvalue weighted by molar-refractivity contribution is 0.125. The van der Waals surface area contributed by atoms with Crippen molar-refractivity contribution in [2.75, 3.05) is 6.61 Å². The predicted octanol–water partition coefficient (Wildman–Crippen LogP) is 1.47. The van der Waals surface area contributed by atoms with Crippen LogP contribution in [-0.2, 0) is 9.57 Å². The SMILES string of the molecule is C/C=C/C1=C(ON)CCCO1. The second-order valence-corrected chi connectivity index (χ2v) is 2.36. The molecular weight excluding hydrogens is 142 g/mol. The Bertz CT molecular complexity index is 185. The molecule has 62 valence electrons. The van der Waals surface area contributed by atoms with Crippen molar-refractivity contribution in [3.63, 3.8) is 0 Å². The summed E-state index contributed by atoms with van der Waals surface area (Å²) in [4.78, 5) is 4.66. The van der Waals surface area contributed by atoms with Gasteiger partial charge in [0.1, 0.15) is 0 Å². The monoisotopic (exact) mass is 155 g/mol. The third kappa shape index (κ3) is 1.98. The second kappa shape index (κ2) is 4.03. The molecule has 0 fully saturated rings. The van der Waals surface area contributed by atoms with Crippen molar-refractivity contribution in [1.82, 2.24) is 0 Å². The summed E-state index contributed by atoms with van der Waals surface area (Å²) in [6.07, 6.45) is 5.62. The molecule has 11 heavy (non-hydrogen) atoms. The maximum absolute atomic E-state index is 5.31. The number of rotatable bonds is 2. The zero-order chi connectivity index (χ0) is 8.10. The molecule has 0 unspecified atom stereocenters. The zero-order valence-electron chi connectivity index (χ0n) is 6.67. The van der Waals surface area contributed by atoms with Crippen LogP contribution in [0, 0.1) is 0 Å². The Hall–Kier alpha value is -0.960. The highest BCUT2D eigenvalue weighted by atomic mass is 16.6. The van der Waals surface area contributed by atoms with E-state index in [0.29, 0.717) is 0 Å². The van der Waals surface area contributed by atoms with Crippen LogP contribution < -0.4 is 5.90 Å². The standard InChI is InChI=1S/C8H13NO2/c1-2-4-7-8(11-9)5-3-6-10-7/h2,4H,3,5-6,9H2,1H3/b4-2+. The number of hydrogen-bond acceptors (Lipinski definition) is 3. The Morgan fingerprint density at radius 1 is 1.64 bits per heavy atom. The van der Waals surface area contributed by atoms with E-state index in [2.05, 4.69) is 4.84 Å². The van der Waals surface area contributed by atoms with Gasteiger partial charge in [0.25, 0.3) is 0 Å². The number of ether oxygens (including phenoxy) is 1. The molecule has 0 spiro atoms. The van der Waals surface area contributed by atoms with Crippen LogP contribution in [0.15, 0.2) is 23.7 Å². The van der Waals surface area contributed by atoms with Gasteiger partial charge in [-0.3, -0.25) is 0 Å². The summed E-state index contributed by atoms with van der Waals surface area (Å²) < 4.78 is 5.31. The first kappa shape index (κ1) is 8.14. The maximum atomic E-state index is 5.31. The third-order valence-corrected chi connectivity index (χ3v) is 1.54. The second-order valence-electron chi connectivity index (χ2n) is 2.36. The first-order valence-electron chi connectivity index (χ1n) is 3.74. The summed E-state index contributed by atoms with van der Waals surface area (Å²) in [7, 11) is 0. The largest absolute Gasteiger partial charge is 0.490 e. The minimum Gasteiger partial charge on any atom is -0.490 e. The maximum Gasteiger partial charge on any atom is 0.165 e. The van der Waals surface area contributed by atoms with Gasteiger partial charge in [0.05, 0.1) is 6.61 Å². The molecule has 2 N–H and O–H groups in total. The van der Waals surface area contributed by atoms with E-state index in [-0.39, 0.29) is 0 Å². The van der Waals surface area contributed by atoms with Crippen LogP contribution in [0.25, 0.3) is 0 Å². The molecule has 0 atom stereocenters. The summed E-state index contributed by atoms with van der Waals surface area (Å²) in [6.45, 7) is 2.69. The lowest BCUT2D eigenvalue weighted by Crippen LogP contribution is -2.10. The van der Waals surface area contributed by atoms with E-state index in [4.69, 9.17) is 10.6 Å². The van der Waals surface area contributed by atoms with Gasteiger partial charge in [-0.1, -0.05) is 6.08 Å². The molecule has 0 bridgehead atoms. The molecule has 0 aromatic carbocycles. The van der Waals surface area contributed by atoms with E-state index in [9.17, 15) is 0 Å². The highest BCUT2D eigenvalue weighted by Gasteiger charge is 2.11. The van der Waals surface area contributed by atoms with Crippen molar-refractivity contribution < 1.29 is 9.57 Å². The van der Waals surface area contributed by atoms with Gasteiger partial charge in [0.2, 0.25) is 0 Å². The molecule has 0 aromatic rings. The topological polar surface area (TPSA) is 44.5 Å². The minimum absolute atomic E-state index is 0.745. The third-order valence-electron chi connectivity index (χ3n) is 1.54. The van der Waals surface area contributed by atoms with Crippen LogP contribution in [0.3, 0.4) is 0 Å². The summed E-state index contributed by atoms with van der Waals surface area (Å²) in [6, 6.07) is 0. The van der Waals surface area contributed by atoms with E-state index in [1.165, 1.54) is 0 Å². The van der Waals surface area contributed by atoms with Gasteiger partial charge in [-0.15, -0.1) is 0 Å². The highest BCUT2D eigenvalue weighted by Crippen LogP contribution is 2.19. The summed E-state index contributed by atoms with van der Waals surface area (Å²) in [5.74, 6) is 6.56. The molecule has 3 nitrogen and oxygen atoms in total. The van der Waals surface area contributed by atoms with Gasteiger partial charge >= 0.3 is 0 Å². The zero-order valence-corrected chi connectivity index (χ0v) is 6.67. The molecule has 1 rings (SSSR count). The van der Waals surface area contributed by atoms with Gasteiger partial charge in [-0.25, -0.2) is 0 Å². The van der Waals surface area contributed by atoms with Crippen molar-refractivity contribution in [1.29, 1.82) is 0 Å². The Kier molecular flexibility index (Phi) is 2.98. The number of hydrogen-bond donors (Lipinski definition) is 1. The molecule has 1 heterocycles. The van der Waals surface area contributed by atoms with Gasteiger partial charge < -0.3 is 9.57 Å². The molecule has 0 saturated heterocycles. The summed E-state index contributed by atoms with van der Waals surface area (Å²) in [5.41, 5.74) is 0. The lowest BCUT2D eigenvalue weighted by atomic mass is 10.2. The lowest BCUT2D eigenvalue weighted by Gasteiger charge is -2.16. The molecule has 1 aliphatic rings. The van der Waals surface area contributed by atoms with Gasteiger partial charge in [0.15, 0.2) is 11.5 Å². The molecule has 0 amide bonds. The van der Waals surface area contributed by atoms with Crippen molar-refractivity contribution in [3.8, 4) is 0 Å². The van der Waals surface area contributed by atoms with Crippen molar-refractivity contribution >= 4 is 0 Å². The Morgan fingerprint density at radius 3 is 3.09 bits per heavy atom. The minimum atomic E-state index is 0.745. The summed E-state index contributed by atoms with van der Waals surface area (Å²) in [5, 5.41) is 0. The fourth-order valence-corrected chi connectivity index (χ4v) is 1.03. The molecule has 0 radical (unpaired) electrons. The van der Waals surface area contributed by atoms with E-state index in [0.717, 1.165) is 31.0 Å². The Labute approximate surface area is 66.4 Å². The molecule has 3 heteroatoms. The summed E-state index contributed by atoms with van der Waals surface area (Å²) >= 11 is 0. The molecule has 0 aliphatic carbocycles. The molecule has 1 aliphatic heterocycles. The van der Waals surface area contributed by atoms with Crippen LogP contribution in [-0.4, -0.2) is 6.61 Å². The Balaban J connectivity index is 2.72. The quantitative estimate of drug-likeness (QED) is 0.614. The molecule has 0 aromatic heterocycles. The van der Waals surface area contributed by atoms with Crippen LogP contribution in [0.5, 0.6) is 0 Å². The average Bonchev–Trinajstić information content (AvgIpc) is 2.06. The number of nitrogens with two attached hydrogens (primary N) is 1. The van der Waals surface area contributed by atoms with Crippen molar-refractivity contribution in [2.45, 2.75) is 19.8 Å². The highest BCUT2D eigenvalue weighted by molar-refractivity contribution is 5.17. The molecular formula is C8H13NO2. The van der Waals surface area contributed by atoms with Crippen LogP contribution >= 0.6 is 0 Å². The van der Waals surface area contributed by atoms with Crippen molar-refractivity contribution in [2.24, 2.45) is 5.90 Å². The smallest absolute Gasteiger partial charge is 0.165 e. The Morgan fingerprint density at radius 2 is 2.45 bits per heavy atom. The molecule has 0 saturated carbocycles. The first-order valence-corrected chi connectivity index (χ1v) is 3.74. The fraction of sp³-hybridized carbons (Fsp3) is 0.500. The van der Waals surface area contributed by atoms with Gasteiger partial charge in [-0.05, 0) is 19.4 Å². The van der Waals surface area contributed by atoms with E-state index < -0.39 is 0 Å². The average molecular weight is 155 g/mol. The van der Waals surface area contributed by atoms with Crippen LogP contribution in [0.1, 0.15) is 19.8 Å². The normalized spacial score (nSPS) is 18.7. The number of allylic oxidation sites excluding steroid dienone is 3.